The number of anilines is 1. The molecule has 1 saturated heterocycles. The molecule has 0 spiro atoms. The summed E-state index contributed by atoms with van der Waals surface area (Å²) >= 11 is 1.31. The molecule has 7 unspecified atom stereocenters. The van der Waals surface area contributed by atoms with Crippen molar-refractivity contribution >= 4 is 70.3 Å². The van der Waals surface area contributed by atoms with Gasteiger partial charge in [-0.25, -0.2) is 19.3 Å². The van der Waals surface area contributed by atoms with Crippen molar-refractivity contribution in [3.8, 4) is 0 Å². The number of rotatable bonds is 21. The Morgan fingerprint density at radius 1 is 1.14 bits per heavy atom. The lowest BCUT2D eigenvalue weighted by molar-refractivity contribution is -0.347. The Balaban J connectivity index is 1.55. The Hall–Kier alpha value is -2.44. The van der Waals surface area contributed by atoms with E-state index in [9.17, 15) is 57.9 Å². The van der Waals surface area contributed by atoms with Crippen molar-refractivity contribution < 1.29 is 80.5 Å². The monoisotopic (exact) mass is 805 g/mol. The lowest BCUT2D eigenvalue weighted by atomic mass is 9.87. The summed E-state index contributed by atoms with van der Waals surface area (Å²) in [5, 5.41) is 26.0. The molecule has 2 amide bonds. The second kappa shape index (κ2) is 18.1. The first kappa shape index (κ1) is 43.0. The number of nitrogens with one attached hydrogen (secondary N) is 2. The van der Waals surface area contributed by atoms with Gasteiger partial charge in [0.05, 0.1) is 27.4 Å². The molecular formula is C23H34N7O17P3S-4. The summed E-state index contributed by atoms with van der Waals surface area (Å²) in [6.45, 7) is 0.226. The van der Waals surface area contributed by atoms with Gasteiger partial charge < -0.3 is 73.8 Å². The number of nitrogens with two attached hydrogens (primary N) is 1. The van der Waals surface area contributed by atoms with E-state index in [-0.39, 0.29) is 42.2 Å². The predicted molar refractivity (Wildman–Crippen MR) is 164 cm³/mol. The van der Waals surface area contributed by atoms with Crippen molar-refractivity contribution in [3.63, 3.8) is 0 Å². The molecule has 0 aliphatic carbocycles. The van der Waals surface area contributed by atoms with Gasteiger partial charge in [0.1, 0.15) is 42.5 Å². The molecule has 0 aromatic carbocycles. The summed E-state index contributed by atoms with van der Waals surface area (Å²) in [6, 6.07) is 0. The smallest absolute Gasteiger partial charge is 0.274 e. The first-order valence-electron chi connectivity index (χ1n) is 14.5. The zero-order valence-corrected chi connectivity index (χ0v) is 30.2. The Morgan fingerprint density at radius 3 is 2.49 bits per heavy atom. The van der Waals surface area contributed by atoms with Crippen molar-refractivity contribution in [3.05, 3.63) is 12.7 Å². The standard InChI is InChI=1S/C23H38N7O17P3S/c1-23(2,18(34)21(35)26-4-3-14(32)25-5-7-51-8-6-31)10-44-50(41,42)47-49(39,40)43-9-13-17(46-48(36,37)38)16(33)22(45-13)30-12-29-15-19(24)27-11-28-20(15)30/h6,11-13,16-18,22,33-34H,3-5,7-10H2,1-2H3,(H,25,32)(H,26,35)(H,39,40)(H,41,42)(H2,24,27,28)(H2,36,37,38)/p-4. The van der Waals surface area contributed by atoms with E-state index in [0.717, 1.165) is 23.5 Å². The molecule has 1 aliphatic heterocycles. The summed E-state index contributed by atoms with van der Waals surface area (Å²) in [7, 11) is -17.6. The maximum absolute atomic E-state index is 12.4. The molecule has 51 heavy (non-hydrogen) atoms. The molecule has 28 heteroatoms. The van der Waals surface area contributed by atoms with Crippen LogP contribution in [0.1, 0.15) is 26.5 Å². The van der Waals surface area contributed by atoms with Gasteiger partial charge in [-0.05, 0) is 0 Å². The van der Waals surface area contributed by atoms with E-state index in [0.29, 0.717) is 5.75 Å². The lowest BCUT2D eigenvalue weighted by Gasteiger charge is -2.36. The summed E-state index contributed by atoms with van der Waals surface area (Å²) in [5.41, 5.74) is 4.07. The number of fused-ring (bicyclic) bond motifs is 1. The zero-order chi connectivity index (χ0) is 38.2. The summed E-state index contributed by atoms with van der Waals surface area (Å²) in [5.74, 6) is -0.734. The van der Waals surface area contributed by atoms with Crippen LogP contribution in [0.5, 0.6) is 0 Å². The number of aliphatic hydroxyl groups is 2. The number of hydrogen-bond acceptors (Lipinski definition) is 22. The fourth-order valence-corrected chi connectivity index (χ4v) is 7.56. The van der Waals surface area contributed by atoms with Crippen molar-refractivity contribution in [1.82, 2.24) is 30.2 Å². The van der Waals surface area contributed by atoms with Crippen molar-refractivity contribution in [2.24, 2.45) is 5.41 Å². The van der Waals surface area contributed by atoms with E-state index in [1.165, 1.54) is 25.6 Å². The number of amides is 2. The van der Waals surface area contributed by atoms with Gasteiger partial charge in [-0.15, -0.1) is 0 Å². The number of imidazole rings is 1. The number of ether oxygens (including phenoxy) is 1. The maximum Gasteiger partial charge on any atom is 0.274 e. The highest BCUT2D eigenvalue weighted by atomic mass is 32.2. The number of hydrogen-bond donors (Lipinski definition) is 5. The minimum absolute atomic E-state index is 0.0199. The van der Waals surface area contributed by atoms with E-state index in [4.69, 9.17) is 10.5 Å². The molecule has 0 bridgehead atoms. The van der Waals surface area contributed by atoms with Crippen LogP contribution in [-0.2, 0) is 50.7 Å². The molecule has 1 aliphatic rings. The van der Waals surface area contributed by atoms with Crippen molar-refractivity contribution in [2.45, 2.75) is 50.9 Å². The van der Waals surface area contributed by atoms with E-state index in [2.05, 4.69) is 43.5 Å². The second-order valence-corrected chi connectivity index (χ2v) is 16.4. The third-order valence-corrected chi connectivity index (χ3v) is 10.7. The molecule has 1 fully saturated rings. The fraction of sp³-hybridized carbons (Fsp3) is 0.652. The van der Waals surface area contributed by atoms with Crippen LogP contribution in [0.15, 0.2) is 12.7 Å². The summed E-state index contributed by atoms with van der Waals surface area (Å²) in [6.07, 6.45) is -6.80. The van der Waals surface area contributed by atoms with Crippen LogP contribution in [0.2, 0.25) is 0 Å². The van der Waals surface area contributed by atoms with E-state index >= 15 is 0 Å². The van der Waals surface area contributed by atoms with Crippen LogP contribution in [0.3, 0.4) is 0 Å². The molecule has 0 saturated carbocycles. The number of phosphoric ester groups is 3. The van der Waals surface area contributed by atoms with Gasteiger partial charge >= 0.3 is 0 Å². The molecule has 2 aromatic heterocycles. The van der Waals surface area contributed by atoms with Gasteiger partial charge in [0.2, 0.25) is 11.8 Å². The largest absolute Gasteiger partial charge is 0.790 e. The highest BCUT2D eigenvalue weighted by Crippen LogP contribution is 2.56. The molecular weight excluding hydrogens is 771 g/mol. The van der Waals surface area contributed by atoms with Gasteiger partial charge in [0.25, 0.3) is 15.6 Å². The number of nitrogens with zero attached hydrogens (tertiary/aromatic N) is 4. The number of phosphoric acid groups is 3. The number of aromatic nitrogens is 4. The normalized spacial score (nSPS) is 22.6. The summed E-state index contributed by atoms with van der Waals surface area (Å²) < 4.78 is 60.2. The maximum atomic E-state index is 12.4. The van der Waals surface area contributed by atoms with E-state index < -0.39 is 84.6 Å². The highest BCUT2D eigenvalue weighted by molar-refractivity contribution is 7.99. The Morgan fingerprint density at radius 2 is 1.82 bits per heavy atom. The molecule has 7 atom stereocenters. The minimum atomic E-state index is -5.90. The van der Waals surface area contributed by atoms with Crippen LogP contribution in [0.4, 0.5) is 5.82 Å². The molecule has 2 aromatic rings. The fourth-order valence-electron chi connectivity index (χ4n) is 4.31. The average molecular weight is 806 g/mol. The third kappa shape index (κ3) is 12.9. The molecule has 3 heterocycles. The molecule has 6 N–H and O–H groups in total. The second-order valence-electron chi connectivity index (χ2n) is 11.2. The van der Waals surface area contributed by atoms with Crippen LogP contribution >= 0.6 is 35.2 Å². The van der Waals surface area contributed by atoms with E-state index in [1.54, 1.807) is 0 Å². The number of aldehydes is 1. The lowest BCUT2D eigenvalue weighted by Crippen LogP contribution is -2.46. The van der Waals surface area contributed by atoms with Gasteiger partial charge in [-0.2, -0.15) is 11.8 Å². The molecule has 3 rings (SSSR count). The van der Waals surface area contributed by atoms with Gasteiger partial charge in [0.15, 0.2) is 17.7 Å². The number of carbonyl (C=O) groups excluding carboxylic acids is 3. The number of thioether (sulfide) groups is 1. The van der Waals surface area contributed by atoms with Crippen LogP contribution in [0, 0.1) is 5.41 Å². The van der Waals surface area contributed by atoms with Gasteiger partial charge in [-0.1, -0.05) is 13.8 Å². The van der Waals surface area contributed by atoms with Crippen LogP contribution < -0.4 is 35.9 Å². The Labute approximate surface area is 293 Å². The Kier molecular flexibility index (Phi) is 15.2. The predicted octanol–water partition coefficient (Wildman–Crippen LogP) is -4.19. The average Bonchev–Trinajstić information content (AvgIpc) is 3.58. The van der Waals surface area contributed by atoms with Crippen LogP contribution in [-0.4, -0.2) is 110 Å². The van der Waals surface area contributed by atoms with Crippen molar-refractivity contribution in [2.75, 3.05) is 43.5 Å². The highest BCUT2D eigenvalue weighted by Gasteiger charge is 2.47. The molecule has 0 radical (unpaired) electrons. The first-order chi connectivity index (χ1) is 23.7. The van der Waals surface area contributed by atoms with Gasteiger partial charge in [-0.3, -0.25) is 23.3 Å². The zero-order valence-electron chi connectivity index (χ0n) is 26.7. The van der Waals surface area contributed by atoms with Crippen molar-refractivity contribution in [1.29, 1.82) is 0 Å². The summed E-state index contributed by atoms with van der Waals surface area (Å²) in [4.78, 5) is 93.7. The van der Waals surface area contributed by atoms with Gasteiger partial charge in [0, 0.05) is 36.4 Å². The third-order valence-electron chi connectivity index (χ3n) is 6.81. The number of carbonyl (C=O) groups is 3. The Bertz CT molecular complexity index is 1680. The molecule has 24 nitrogen and oxygen atoms in total. The minimum Gasteiger partial charge on any atom is -0.790 e. The number of nitrogen functional groups attached to an aromatic ring is 1. The first-order valence-corrected chi connectivity index (χ1v) is 20.0. The topological polar surface area (TPSA) is 375 Å². The molecule has 288 valence electrons. The van der Waals surface area contributed by atoms with E-state index in [1.807, 2.05) is 0 Å². The number of aliphatic hydroxyl groups excluding tert-OH is 2. The SMILES string of the molecule is CC(C)(COP(=O)([O-])OP(=O)([O-])OCC1OC(n2cnc3c(N)ncnc32)C(O)C1OP(=O)([O-])[O-])C(O)C(=O)NCCC(=O)NCCSCC=O. The van der Waals surface area contributed by atoms with Crippen LogP contribution in [0.25, 0.3) is 11.2 Å². The quantitative estimate of drug-likeness (QED) is 0.0453.